The van der Waals surface area contributed by atoms with Crippen molar-refractivity contribution in [1.82, 2.24) is 9.97 Å². The van der Waals surface area contributed by atoms with Crippen LogP contribution in [0.2, 0.25) is 0 Å². The maximum Gasteiger partial charge on any atom is 0.358 e. The molecule has 0 saturated carbocycles. The molecule has 0 atom stereocenters. The largest absolute Gasteiger partial charge is 0.496 e. The SMILES string of the molecule is COC(=O)c1cncc(Nc2ccc(OC)c(Br)c2)n1. The smallest absolute Gasteiger partial charge is 0.358 e. The normalized spacial score (nSPS) is 9.95. The van der Waals surface area contributed by atoms with E-state index in [4.69, 9.17) is 4.74 Å². The minimum atomic E-state index is -0.530. The number of methoxy groups -OCH3 is 2. The second-order valence-corrected chi connectivity index (χ2v) is 4.61. The number of benzene rings is 1. The van der Waals surface area contributed by atoms with Crippen LogP contribution in [0.3, 0.4) is 0 Å². The second-order valence-electron chi connectivity index (χ2n) is 3.76. The third-order valence-corrected chi connectivity index (χ3v) is 3.07. The van der Waals surface area contributed by atoms with E-state index in [2.05, 4.69) is 36.0 Å². The van der Waals surface area contributed by atoms with Gasteiger partial charge in [0.1, 0.15) is 11.6 Å². The third kappa shape index (κ3) is 3.24. The predicted molar refractivity (Wildman–Crippen MR) is 77.3 cm³/mol. The average molecular weight is 338 g/mol. The summed E-state index contributed by atoms with van der Waals surface area (Å²) in [4.78, 5) is 19.4. The number of esters is 1. The van der Waals surface area contributed by atoms with Crippen LogP contribution in [0.5, 0.6) is 5.75 Å². The van der Waals surface area contributed by atoms with Crippen LogP contribution in [-0.2, 0) is 4.74 Å². The monoisotopic (exact) mass is 337 g/mol. The third-order valence-electron chi connectivity index (χ3n) is 2.45. The standard InChI is InChI=1S/C13H12BrN3O3/c1-19-11-4-3-8(5-9(11)14)16-12-7-15-6-10(17-12)13(18)20-2/h3-7H,1-2H3,(H,16,17). The van der Waals surface area contributed by atoms with E-state index in [-0.39, 0.29) is 5.69 Å². The van der Waals surface area contributed by atoms with E-state index in [0.29, 0.717) is 5.82 Å². The van der Waals surface area contributed by atoms with Gasteiger partial charge < -0.3 is 14.8 Å². The van der Waals surface area contributed by atoms with Crippen molar-refractivity contribution in [2.45, 2.75) is 0 Å². The zero-order chi connectivity index (χ0) is 14.5. The van der Waals surface area contributed by atoms with Crippen LogP contribution in [0.15, 0.2) is 35.1 Å². The van der Waals surface area contributed by atoms with E-state index in [0.717, 1.165) is 15.9 Å². The van der Waals surface area contributed by atoms with Gasteiger partial charge in [-0.25, -0.2) is 9.78 Å². The van der Waals surface area contributed by atoms with E-state index in [1.54, 1.807) is 7.11 Å². The van der Waals surface area contributed by atoms with Gasteiger partial charge in [0.05, 0.1) is 31.1 Å². The molecular formula is C13H12BrN3O3. The molecule has 0 aliphatic heterocycles. The van der Waals surface area contributed by atoms with Gasteiger partial charge in [0.15, 0.2) is 5.69 Å². The van der Waals surface area contributed by atoms with Gasteiger partial charge >= 0.3 is 5.97 Å². The first-order valence-corrected chi connectivity index (χ1v) is 6.44. The molecule has 0 fully saturated rings. The van der Waals surface area contributed by atoms with Gasteiger partial charge in [0.25, 0.3) is 0 Å². The van der Waals surface area contributed by atoms with Crippen LogP contribution >= 0.6 is 15.9 Å². The van der Waals surface area contributed by atoms with Crippen LogP contribution in [0.4, 0.5) is 11.5 Å². The van der Waals surface area contributed by atoms with Crippen molar-refractivity contribution in [3.05, 3.63) is 40.8 Å². The van der Waals surface area contributed by atoms with Crippen molar-refractivity contribution in [3.8, 4) is 5.75 Å². The molecule has 2 rings (SSSR count). The van der Waals surface area contributed by atoms with Crippen LogP contribution in [0, 0.1) is 0 Å². The number of ether oxygens (including phenoxy) is 2. The Morgan fingerprint density at radius 1 is 1.30 bits per heavy atom. The molecule has 0 bridgehead atoms. The molecule has 7 heteroatoms. The number of nitrogens with one attached hydrogen (secondary N) is 1. The molecule has 20 heavy (non-hydrogen) atoms. The van der Waals surface area contributed by atoms with Gasteiger partial charge in [0.2, 0.25) is 0 Å². The number of aromatic nitrogens is 2. The average Bonchev–Trinajstić information content (AvgIpc) is 2.47. The van der Waals surface area contributed by atoms with Crippen LogP contribution in [0.25, 0.3) is 0 Å². The lowest BCUT2D eigenvalue weighted by atomic mass is 10.3. The molecule has 1 N–H and O–H groups in total. The van der Waals surface area contributed by atoms with Crippen molar-refractivity contribution in [2.75, 3.05) is 19.5 Å². The minimum Gasteiger partial charge on any atom is -0.496 e. The van der Waals surface area contributed by atoms with Gasteiger partial charge in [-0.05, 0) is 34.1 Å². The molecule has 0 aliphatic rings. The van der Waals surface area contributed by atoms with Crippen molar-refractivity contribution < 1.29 is 14.3 Å². The summed E-state index contributed by atoms with van der Waals surface area (Å²) in [5, 5.41) is 3.05. The van der Waals surface area contributed by atoms with Crippen molar-refractivity contribution in [1.29, 1.82) is 0 Å². The summed E-state index contributed by atoms with van der Waals surface area (Å²) in [6.45, 7) is 0. The van der Waals surface area contributed by atoms with Gasteiger partial charge in [0, 0.05) is 5.69 Å². The molecule has 0 amide bonds. The first kappa shape index (κ1) is 14.3. The zero-order valence-corrected chi connectivity index (χ0v) is 12.5. The molecule has 6 nitrogen and oxygen atoms in total. The number of carbonyl (C=O) groups is 1. The van der Waals surface area contributed by atoms with Gasteiger partial charge in [-0.1, -0.05) is 0 Å². The number of hydrogen-bond acceptors (Lipinski definition) is 6. The zero-order valence-electron chi connectivity index (χ0n) is 10.9. The Kier molecular flexibility index (Phi) is 4.52. The van der Waals surface area contributed by atoms with E-state index in [1.807, 2.05) is 18.2 Å². The quantitative estimate of drug-likeness (QED) is 0.865. The highest BCUT2D eigenvalue weighted by Gasteiger charge is 2.09. The fourth-order valence-corrected chi connectivity index (χ4v) is 2.06. The molecule has 0 aliphatic carbocycles. The highest BCUT2D eigenvalue weighted by atomic mass is 79.9. The number of hydrogen-bond donors (Lipinski definition) is 1. The van der Waals surface area contributed by atoms with Gasteiger partial charge in [-0.15, -0.1) is 0 Å². The molecule has 0 saturated heterocycles. The topological polar surface area (TPSA) is 73.3 Å². The lowest BCUT2D eigenvalue weighted by molar-refractivity contribution is 0.0593. The Bertz CT molecular complexity index is 634. The maximum atomic E-state index is 11.4. The fourth-order valence-electron chi connectivity index (χ4n) is 1.52. The summed E-state index contributed by atoms with van der Waals surface area (Å²) in [7, 11) is 2.89. The Morgan fingerprint density at radius 3 is 2.75 bits per heavy atom. The molecule has 1 aromatic heterocycles. The predicted octanol–water partition coefficient (Wildman–Crippen LogP) is 2.78. The van der Waals surface area contributed by atoms with Crippen molar-refractivity contribution >= 4 is 33.4 Å². The van der Waals surface area contributed by atoms with Crippen molar-refractivity contribution in [3.63, 3.8) is 0 Å². The highest BCUT2D eigenvalue weighted by molar-refractivity contribution is 9.10. The summed E-state index contributed by atoms with van der Waals surface area (Å²) in [6, 6.07) is 5.48. The first-order valence-electron chi connectivity index (χ1n) is 5.65. The molecule has 0 spiro atoms. The summed E-state index contributed by atoms with van der Waals surface area (Å²) < 4.78 is 10.6. The molecule has 0 radical (unpaired) electrons. The van der Waals surface area contributed by atoms with E-state index in [9.17, 15) is 4.79 Å². The Labute approximate surface area is 124 Å². The van der Waals surface area contributed by atoms with Gasteiger partial charge in [-0.2, -0.15) is 0 Å². The van der Waals surface area contributed by atoms with E-state index in [1.165, 1.54) is 19.5 Å². The lowest BCUT2D eigenvalue weighted by Gasteiger charge is -2.08. The van der Waals surface area contributed by atoms with Crippen LogP contribution < -0.4 is 10.1 Å². The summed E-state index contributed by atoms with van der Waals surface area (Å²) >= 11 is 3.39. The molecule has 1 heterocycles. The van der Waals surface area contributed by atoms with Crippen LogP contribution in [-0.4, -0.2) is 30.2 Å². The molecule has 2 aromatic rings. The van der Waals surface area contributed by atoms with E-state index < -0.39 is 5.97 Å². The Balaban J connectivity index is 2.21. The molecule has 0 unspecified atom stereocenters. The van der Waals surface area contributed by atoms with Crippen LogP contribution in [0.1, 0.15) is 10.5 Å². The second kappa shape index (κ2) is 6.33. The minimum absolute atomic E-state index is 0.144. The number of nitrogens with zero attached hydrogens (tertiary/aromatic N) is 2. The fraction of sp³-hybridized carbons (Fsp3) is 0.154. The summed E-state index contributed by atoms with van der Waals surface area (Å²) in [5.74, 6) is 0.645. The highest BCUT2D eigenvalue weighted by Crippen LogP contribution is 2.28. The number of rotatable bonds is 4. The molecule has 104 valence electrons. The first-order chi connectivity index (χ1) is 9.63. The molecule has 1 aromatic carbocycles. The molecular weight excluding hydrogens is 326 g/mol. The number of carbonyl (C=O) groups excluding carboxylic acids is 1. The lowest BCUT2D eigenvalue weighted by Crippen LogP contribution is -2.06. The Morgan fingerprint density at radius 2 is 2.10 bits per heavy atom. The van der Waals surface area contributed by atoms with E-state index >= 15 is 0 Å². The summed E-state index contributed by atoms with van der Waals surface area (Å²) in [5.41, 5.74) is 0.930. The van der Waals surface area contributed by atoms with Gasteiger partial charge in [-0.3, -0.25) is 4.98 Å². The maximum absolute atomic E-state index is 11.4. The summed E-state index contributed by atoms with van der Waals surface area (Å²) in [6.07, 6.45) is 2.87. The Hall–Kier alpha value is -2.15. The number of halogens is 1. The number of anilines is 2. The van der Waals surface area contributed by atoms with Crippen molar-refractivity contribution in [2.24, 2.45) is 0 Å².